The number of fused-ring (bicyclic) bond motifs is 1. The molecule has 5 heteroatoms. The first-order chi connectivity index (χ1) is 10.1. The highest BCUT2D eigenvalue weighted by Gasteiger charge is 2.12. The quantitative estimate of drug-likeness (QED) is 0.855. The van der Waals surface area contributed by atoms with Crippen molar-refractivity contribution in [2.75, 3.05) is 13.7 Å². The van der Waals surface area contributed by atoms with Gasteiger partial charge in [-0.2, -0.15) is 5.48 Å². The summed E-state index contributed by atoms with van der Waals surface area (Å²) in [4.78, 5) is 16.2. The predicted octanol–water partition coefficient (Wildman–Crippen LogP) is 3.59. The van der Waals surface area contributed by atoms with Gasteiger partial charge in [-0.1, -0.05) is 18.2 Å². The van der Waals surface area contributed by atoms with Crippen LogP contribution in [0.5, 0.6) is 5.75 Å². The Hall–Kier alpha value is -2.27. The zero-order valence-electron chi connectivity index (χ0n) is 12.4. The molecule has 0 aromatic heterocycles. The van der Waals surface area contributed by atoms with Crippen molar-refractivity contribution < 1.29 is 19.1 Å². The maximum Gasteiger partial charge on any atom is 0.431 e. The van der Waals surface area contributed by atoms with Crippen LogP contribution in [0.15, 0.2) is 36.4 Å². The number of hydrogen-bond donors (Lipinski definition) is 1. The number of hydroxylamine groups is 1. The zero-order chi connectivity index (χ0) is 15.2. The second-order valence-electron chi connectivity index (χ2n) is 4.56. The van der Waals surface area contributed by atoms with Crippen LogP contribution in [0, 0.1) is 0 Å². The van der Waals surface area contributed by atoms with Crippen LogP contribution in [0.1, 0.15) is 25.5 Å². The average Bonchev–Trinajstić information content (AvgIpc) is 2.51. The van der Waals surface area contributed by atoms with Gasteiger partial charge in [-0.15, -0.1) is 0 Å². The minimum Gasteiger partial charge on any atom is -0.497 e. The highest BCUT2D eigenvalue weighted by Crippen LogP contribution is 2.25. The van der Waals surface area contributed by atoms with E-state index >= 15 is 0 Å². The van der Waals surface area contributed by atoms with E-state index in [0.717, 1.165) is 22.1 Å². The van der Waals surface area contributed by atoms with Crippen LogP contribution in [0.25, 0.3) is 10.8 Å². The lowest BCUT2D eigenvalue weighted by Gasteiger charge is -2.14. The van der Waals surface area contributed by atoms with E-state index in [-0.39, 0.29) is 6.10 Å². The van der Waals surface area contributed by atoms with Gasteiger partial charge >= 0.3 is 6.09 Å². The summed E-state index contributed by atoms with van der Waals surface area (Å²) in [6.45, 7) is 3.98. The van der Waals surface area contributed by atoms with Gasteiger partial charge in [0, 0.05) is 0 Å². The molecule has 2 aromatic rings. The van der Waals surface area contributed by atoms with Gasteiger partial charge in [0.1, 0.15) is 11.9 Å². The largest absolute Gasteiger partial charge is 0.497 e. The molecule has 1 amide bonds. The Kier molecular flexibility index (Phi) is 5.00. The minimum atomic E-state index is -0.598. The van der Waals surface area contributed by atoms with E-state index in [2.05, 4.69) is 5.48 Å². The Morgan fingerprint density at radius 3 is 2.62 bits per heavy atom. The van der Waals surface area contributed by atoms with Gasteiger partial charge < -0.3 is 9.47 Å². The number of hydrogen-bond acceptors (Lipinski definition) is 4. The van der Waals surface area contributed by atoms with E-state index in [1.165, 1.54) is 0 Å². The van der Waals surface area contributed by atoms with Crippen LogP contribution in [0.4, 0.5) is 4.79 Å². The predicted molar refractivity (Wildman–Crippen MR) is 80.2 cm³/mol. The van der Waals surface area contributed by atoms with E-state index in [9.17, 15) is 4.79 Å². The van der Waals surface area contributed by atoms with Gasteiger partial charge in [0.2, 0.25) is 0 Å². The third-order valence-corrected chi connectivity index (χ3v) is 3.12. The lowest BCUT2D eigenvalue weighted by Crippen LogP contribution is -2.25. The summed E-state index contributed by atoms with van der Waals surface area (Å²) in [7, 11) is 1.64. The van der Waals surface area contributed by atoms with Crippen LogP contribution >= 0.6 is 0 Å². The Bertz CT molecular complexity index is 627. The molecule has 1 atom stereocenters. The molecule has 0 fully saturated rings. The van der Waals surface area contributed by atoms with Crippen LogP contribution in [0.3, 0.4) is 0 Å². The molecule has 0 aliphatic heterocycles. The minimum absolute atomic E-state index is 0.364. The Morgan fingerprint density at radius 2 is 1.90 bits per heavy atom. The highest BCUT2D eigenvalue weighted by atomic mass is 16.7. The topological polar surface area (TPSA) is 56.8 Å². The summed E-state index contributed by atoms with van der Waals surface area (Å²) >= 11 is 0. The van der Waals surface area contributed by atoms with Gasteiger partial charge in [0.05, 0.1) is 13.7 Å². The second kappa shape index (κ2) is 6.95. The lowest BCUT2D eigenvalue weighted by molar-refractivity contribution is 0.0200. The molecule has 5 nitrogen and oxygen atoms in total. The van der Waals surface area contributed by atoms with E-state index in [1.807, 2.05) is 43.3 Å². The van der Waals surface area contributed by atoms with Crippen molar-refractivity contribution in [1.82, 2.24) is 5.48 Å². The first-order valence-electron chi connectivity index (χ1n) is 6.80. The van der Waals surface area contributed by atoms with Crippen molar-refractivity contribution in [3.05, 3.63) is 42.0 Å². The molecule has 0 aliphatic rings. The van der Waals surface area contributed by atoms with E-state index in [4.69, 9.17) is 14.3 Å². The van der Waals surface area contributed by atoms with E-state index in [1.54, 1.807) is 14.0 Å². The van der Waals surface area contributed by atoms with Crippen molar-refractivity contribution in [3.63, 3.8) is 0 Å². The molecule has 0 bridgehead atoms. The molecule has 0 heterocycles. The summed E-state index contributed by atoms with van der Waals surface area (Å²) in [6, 6.07) is 11.7. The fourth-order valence-electron chi connectivity index (χ4n) is 2.01. The SMILES string of the molecule is CCONC(=O)OC(C)c1ccc2cc(OC)ccc2c1. The number of rotatable bonds is 5. The standard InChI is InChI=1S/C16H19NO4/c1-4-20-17-16(18)21-11(2)12-5-6-14-10-15(19-3)8-7-13(14)9-12/h5-11H,4H2,1-3H3,(H,17,18). The fraction of sp³-hybridized carbons (Fsp3) is 0.312. The van der Waals surface area contributed by atoms with Crippen molar-refractivity contribution in [2.45, 2.75) is 20.0 Å². The Morgan fingerprint density at radius 1 is 1.19 bits per heavy atom. The van der Waals surface area contributed by atoms with Gasteiger partial charge in [0.15, 0.2) is 0 Å². The van der Waals surface area contributed by atoms with Crippen LogP contribution in [0.2, 0.25) is 0 Å². The van der Waals surface area contributed by atoms with Gasteiger partial charge in [-0.05, 0) is 48.4 Å². The number of nitrogens with one attached hydrogen (secondary N) is 1. The molecule has 0 radical (unpaired) electrons. The number of carbonyl (C=O) groups excluding carboxylic acids is 1. The highest BCUT2D eigenvalue weighted by molar-refractivity contribution is 5.84. The second-order valence-corrected chi connectivity index (χ2v) is 4.56. The third-order valence-electron chi connectivity index (χ3n) is 3.12. The third kappa shape index (κ3) is 3.86. The van der Waals surface area contributed by atoms with Crippen molar-refractivity contribution >= 4 is 16.9 Å². The summed E-state index contributed by atoms with van der Waals surface area (Å²) in [5.41, 5.74) is 3.12. The smallest absolute Gasteiger partial charge is 0.431 e. The lowest BCUT2D eigenvalue weighted by atomic mass is 10.0. The zero-order valence-corrected chi connectivity index (χ0v) is 12.4. The molecule has 0 spiro atoms. The number of carbonyl (C=O) groups is 1. The van der Waals surface area contributed by atoms with E-state index in [0.29, 0.717) is 6.61 Å². The number of amides is 1. The van der Waals surface area contributed by atoms with Crippen LogP contribution in [-0.4, -0.2) is 19.8 Å². The number of methoxy groups -OCH3 is 1. The molecule has 2 rings (SSSR count). The van der Waals surface area contributed by atoms with Crippen LogP contribution < -0.4 is 10.2 Å². The van der Waals surface area contributed by atoms with Gasteiger partial charge in [-0.25, -0.2) is 4.79 Å². The summed E-state index contributed by atoms with van der Waals surface area (Å²) < 4.78 is 10.4. The van der Waals surface area contributed by atoms with E-state index < -0.39 is 6.09 Å². The maximum atomic E-state index is 11.5. The summed E-state index contributed by atoms with van der Waals surface area (Å²) in [5, 5.41) is 2.14. The average molecular weight is 289 g/mol. The molecule has 2 aromatic carbocycles. The van der Waals surface area contributed by atoms with Crippen molar-refractivity contribution in [1.29, 1.82) is 0 Å². The molecule has 1 N–H and O–H groups in total. The first kappa shape index (κ1) is 15.1. The molecule has 21 heavy (non-hydrogen) atoms. The molecule has 0 saturated heterocycles. The Balaban J connectivity index is 2.12. The van der Waals surface area contributed by atoms with Crippen molar-refractivity contribution in [2.24, 2.45) is 0 Å². The summed E-state index contributed by atoms with van der Waals surface area (Å²) in [6.07, 6.45) is -0.962. The molecule has 0 saturated carbocycles. The van der Waals surface area contributed by atoms with Gasteiger partial charge in [0.25, 0.3) is 0 Å². The number of ether oxygens (including phenoxy) is 2. The first-order valence-corrected chi connectivity index (χ1v) is 6.80. The normalized spacial score (nSPS) is 12.0. The Labute approximate surface area is 123 Å². The maximum absolute atomic E-state index is 11.5. The molecular formula is C16H19NO4. The fourth-order valence-corrected chi connectivity index (χ4v) is 2.01. The van der Waals surface area contributed by atoms with Crippen LogP contribution in [-0.2, 0) is 9.57 Å². The molecule has 0 aliphatic carbocycles. The molecular weight excluding hydrogens is 270 g/mol. The van der Waals surface area contributed by atoms with Crippen molar-refractivity contribution in [3.8, 4) is 5.75 Å². The molecule has 112 valence electrons. The monoisotopic (exact) mass is 289 g/mol. The molecule has 1 unspecified atom stereocenters. The summed E-state index contributed by atoms with van der Waals surface area (Å²) in [5.74, 6) is 0.815. The van der Waals surface area contributed by atoms with Gasteiger partial charge in [-0.3, -0.25) is 4.84 Å². The number of benzene rings is 2.